The number of amides is 2. The van der Waals surface area contributed by atoms with E-state index in [9.17, 15) is 24.9 Å². The van der Waals surface area contributed by atoms with Crippen molar-refractivity contribution in [1.82, 2.24) is 10.2 Å². The largest absolute Gasteiger partial charge is 0.493 e. The topological polar surface area (TPSA) is 129 Å². The second kappa shape index (κ2) is 11.0. The predicted octanol–water partition coefficient (Wildman–Crippen LogP) is 1.63. The summed E-state index contributed by atoms with van der Waals surface area (Å²) in [5.74, 6) is 0.665. The van der Waals surface area contributed by atoms with Gasteiger partial charge < -0.3 is 35.0 Å². The van der Waals surface area contributed by atoms with E-state index in [0.717, 1.165) is 38.5 Å². The Morgan fingerprint density at radius 2 is 1.89 bits per heavy atom. The number of ether oxygens (including phenoxy) is 2. The minimum atomic E-state index is -1.06. The highest BCUT2D eigenvalue weighted by Crippen LogP contribution is 2.51. The molecule has 0 saturated heterocycles. The number of benzene rings is 1. The number of nitrogens with one attached hydrogen (secondary N) is 1. The number of fused-ring (bicyclic) bond motifs is 3. The molecular formula is C28H38N2O7. The SMILES string of the molecule is COc1cc(CO)cc2c1O[C@@H]1[C@@H](O)[C@H](N(CC3CC3)C(=O)CC3CCCC3)C=C(C(=O)NCCO)[C@H]21. The highest BCUT2D eigenvalue weighted by atomic mass is 16.5. The van der Waals surface area contributed by atoms with Gasteiger partial charge in [-0.25, -0.2) is 0 Å². The lowest BCUT2D eigenvalue weighted by Crippen LogP contribution is -2.56. The minimum absolute atomic E-state index is 0.0170. The van der Waals surface area contributed by atoms with Gasteiger partial charge in [0.1, 0.15) is 12.2 Å². The average molecular weight is 515 g/mol. The number of nitrogens with zero attached hydrogens (tertiary/aromatic N) is 1. The molecule has 1 aromatic carbocycles. The molecule has 4 atom stereocenters. The third kappa shape index (κ3) is 5.22. The van der Waals surface area contributed by atoms with Crippen molar-refractivity contribution in [3.05, 3.63) is 34.9 Å². The van der Waals surface area contributed by atoms with Gasteiger partial charge in [-0.2, -0.15) is 0 Å². The lowest BCUT2D eigenvalue weighted by atomic mass is 9.77. The summed E-state index contributed by atoms with van der Waals surface area (Å²) in [4.78, 5) is 28.8. The van der Waals surface area contributed by atoms with Crippen LogP contribution in [0.5, 0.6) is 11.5 Å². The van der Waals surface area contributed by atoms with Gasteiger partial charge in [0.25, 0.3) is 0 Å². The normalized spacial score (nSPS) is 26.6. The fourth-order valence-corrected chi connectivity index (χ4v) is 6.17. The van der Waals surface area contributed by atoms with Crippen LogP contribution in [0.4, 0.5) is 0 Å². The van der Waals surface area contributed by atoms with Crippen LogP contribution in [0.1, 0.15) is 62.0 Å². The van der Waals surface area contributed by atoms with Crippen molar-refractivity contribution >= 4 is 11.8 Å². The van der Waals surface area contributed by atoms with Crippen LogP contribution in [0, 0.1) is 11.8 Å². The Morgan fingerprint density at radius 1 is 1.14 bits per heavy atom. The average Bonchev–Trinajstić information content (AvgIpc) is 3.42. The van der Waals surface area contributed by atoms with E-state index in [4.69, 9.17) is 9.47 Å². The molecular weight excluding hydrogens is 476 g/mol. The van der Waals surface area contributed by atoms with Crippen molar-refractivity contribution in [2.75, 3.05) is 26.8 Å². The van der Waals surface area contributed by atoms with Gasteiger partial charge in [0.05, 0.1) is 32.3 Å². The van der Waals surface area contributed by atoms with E-state index < -0.39 is 24.2 Å². The fourth-order valence-electron chi connectivity index (χ4n) is 6.17. The summed E-state index contributed by atoms with van der Waals surface area (Å²) in [6, 6.07) is 2.75. The van der Waals surface area contributed by atoms with Crippen molar-refractivity contribution in [3.8, 4) is 11.5 Å². The second-order valence-corrected chi connectivity index (χ2v) is 10.9. The number of carbonyl (C=O) groups is 2. The molecule has 0 spiro atoms. The van der Waals surface area contributed by atoms with Crippen LogP contribution in [-0.2, 0) is 16.2 Å². The second-order valence-electron chi connectivity index (χ2n) is 10.9. The van der Waals surface area contributed by atoms with Gasteiger partial charge in [0, 0.05) is 30.6 Å². The van der Waals surface area contributed by atoms with Crippen molar-refractivity contribution in [1.29, 1.82) is 0 Å². The third-order valence-electron chi connectivity index (χ3n) is 8.26. The zero-order chi connectivity index (χ0) is 26.1. The fraction of sp³-hybridized carbons (Fsp3) is 0.643. The maximum Gasteiger partial charge on any atom is 0.247 e. The number of aliphatic hydroxyl groups excluding tert-OH is 3. The van der Waals surface area contributed by atoms with Crippen LogP contribution in [0.3, 0.4) is 0 Å². The number of rotatable bonds is 10. The summed E-state index contributed by atoms with van der Waals surface area (Å²) >= 11 is 0. The molecule has 1 heterocycles. The third-order valence-corrected chi connectivity index (χ3v) is 8.26. The molecule has 37 heavy (non-hydrogen) atoms. The van der Waals surface area contributed by atoms with E-state index in [1.807, 2.05) is 0 Å². The van der Waals surface area contributed by atoms with Crippen LogP contribution in [0.2, 0.25) is 0 Å². The number of hydrogen-bond donors (Lipinski definition) is 4. The van der Waals surface area contributed by atoms with Crippen molar-refractivity contribution in [2.45, 2.75) is 75.7 Å². The Hall–Kier alpha value is -2.62. The first-order valence-corrected chi connectivity index (χ1v) is 13.5. The number of hydrogen-bond acceptors (Lipinski definition) is 7. The molecule has 0 radical (unpaired) electrons. The quantitative estimate of drug-likeness (QED) is 0.374. The van der Waals surface area contributed by atoms with E-state index in [1.54, 1.807) is 23.1 Å². The van der Waals surface area contributed by atoms with E-state index in [2.05, 4.69) is 5.32 Å². The molecule has 4 N–H and O–H groups in total. The molecule has 1 aliphatic heterocycles. The predicted molar refractivity (Wildman–Crippen MR) is 135 cm³/mol. The zero-order valence-corrected chi connectivity index (χ0v) is 21.4. The lowest BCUT2D eigenvalue weighted by Gasteiger charge is -2.41. The summed E-state index contributed by atoms with van der Waals surface area (Å²) in [5.41, 5.74) is 1.65. The molecule has 2 amide bonds. The maximum absolute atomic E-state index is 13.6. The van der Waals surface area contributed by atoms with Crippen LogP contribution < -0.4 is 14.8 Å². The van der Waals surface area contributed by atoms with Gasteiger partial charge in [-0.3, -0.25) is 9.59 Å². The molecule has 4 aliphatic rings. The standard InChI is InChI=1S/C28H38N2O7/c1-36-22-11-18(15-32)10-19-24-20(28(35)29-8-9-31)13-21(25(34)27(24)37-26(19)22)30(14-17-6-7-17)23(33)12-16-4-2-3-5-16/h10-11,13,16-17,21,24-25,27,31-32,34H,2-9,12,14-15H2,1H3,(H,29,35)/t21-,24+,25+,27+/m1/s1. The first kappa shape index (κ1) is 26.0. The maximum atomic E-state index is 13.6. The molecule has 0 bridgehead atoms. The number of methoxy groups -OCH3 is 1. The Morgan fingerprint density at radius 3 is 2.54 bits per heavy atom. The van der Waals surface area contributed by atoms with E-state index in [-0.39, 0.29) is 31.6 Å². The Labute approximate surface area is 217 Å². The summed E-state index contributed by atoms with van der Waals surface area (Å²) in [5, 5.41) is 33.5. The van der Waals surface area contributed by atoms with Crippen LogP contribution in [0.15, 0.2) is 23.8 Å². The zero-order valence-electron chi connectivity index (χ0n) is 21.4. The van der Waals surface area contributed by atoms with E-state index in [0.29, 0.717) is 53.0 Å². The smallest absolute Gasteiger partial charge is 0.247 e. The van der Waals surface area contributed by atoms with Gasteiger partial charge in [-0.05, 0) is 61.3 Å². The molecule has 3 aliphatic carbocycles. The van der Waals surface area contributed by atoms with Gasteiger partial charge in [-0.15, -0.1) is 0 Å². The van der Waals surface area contributed by atoms with E-state index in [1.165, 1.54) is 7.11 Å². The summed E-state index contributed by atoms with van der Waals surface area (Å²) < 4.78 is 11.8. The Balaban J connectivity index is 1.53. The van der Waals surface area contributed by atoms with Gasteiger partial charge >= 0.3 is 0 Å². The van der Waals surface area contributed by atoms with Gasteiger partial charge in [0.2, 0.25) is 11.8 Å². The molecule has 0 unspecified atom stereocenters. The molecule has 0 aromatic heterocycles. The summed E-state index contributed by atoms with van der Waals surface area (Å²) in [6.45, 7) is 0.216. The Bertz CT molecular complexity index is 1050. The first-order chi connectivity index (χ1) is 17.9. The Kier molecular flexibility index (Phi) is 7.74. The van der Waals surface area contributed by atoms with Crippen molar-refractivity contribution < 1.29 is 34.4 Å². The first-order valence-electron chi connectivity index (χ1n) is 13.5. The summed E-state index contributed by atoms with van der Waals surface area (Å²) in [7, 11) is 1.51. The molecule has 5 rings (SSSR count). The van der Waals surface area contributed by atoms with Crippen LogP contribution in [-0.4, -0.2) is 77.1 Å². The molecule has 1 aromatic rings. The number of aliphatic hydroxyl groups is 3. The highest BCUT2D eigenvalue weighted by molar-refractivity contribution is 5.96. The lowest BCUT2D eigenvalue weighted by molar-refractivity contribution is -0.138. The van der Waals surface area contributed by atoms with Crippen molar-refractivity contribution in [2.24, 2.45) is 11.8 Å². The molecule has 202 valence electrons. The van der Waals surface area contributed by atoms with Gasteiger partial charge in [-0.1, -0.05) is 12.8 Å². The minimum Gasteiger partial charge on any atom is -0.493 e. The highest BCUT2D eigenvalue weighted by Gasteiger charge is 2.52. The van der Waals surface area contributed by atoms with Crippen LogP contribution >= 0.6 is 0 Å². The molecule has 2 saturated carbocycles. The van der Waals surface area contributed by atoms with Crippen molar-refractivity contribution in [3.63, 3.8) is 0 Å². The monoisotopic (exact) mass is 514 g/mol. The molecule has 9 nitrogen and oxygen atoms in total. The molecule has 2 fully saturated rings. The summed E-state index contributed by atoms with van der Waals surface area (Å²) in [6.07, 6.45) is 6.84. The molecule has 9 heteroatoms. The van der Waals surface area contributed by atoms with E-state index >= 15 is 0 Å². The van der Waals surface area contributed by atoms with Gasteiger partial charge in [0.15, 0.2) is 11.5 Å². The number of carbonyl (C=O) groups excluding carboxylic acids is 2. The van der Waals surface area contributed by atoms with Crippen LogP contribution in [0.25, 0.3) is 0 Å².